The van der Waals surface area contributed by atoms with Crippen molar-refractivity contribution in [3.8, 4) is 0 Å². The zero-order valence-corrected chi connectivity index (χ0v) is 18.6. The summed E-state index contributed by atoms with van der Waals surface area (Å²) in [6.45, 7) is 9.70. The van der Waals surface area contributed by atoms with E-state index in [1.165, 1.54) is 6.08 Å². The summed E-state index contributed by atoms with van der Waals surface area (Å²) in [7, 11) is 0. The highest BCUT2D eigenvalue weighted by molar-refractivity contribution is 6.02. The number of carbonyl (C=O) groups excluding carboxylic acids is 3. The van der Waals surface area contributed by atoms with Gasteiger partial charge in [0, 0.05) is 50.6 Å². The molecular weight excluding hydrogens is 386 g/mol. The smallest absolute Gasteiger partial charge is 0.320 e. The number of carbonyl (C=O) groups is 3. The maximum Gasteiger partial charge on any atom is 0.320 e. The van der Waals surface area contributed by atoms with Crippen LogP contribution in [-0.4, -0.2) is 82.3 Å². The summed E-state index contributed by atoms with van der Waals surface area (Å²) in [6.07, 6.45) is 3.93. The number of urea groups is 1. The van der Waals surface area contributed by atoms with Crippen molar-refractivity contribution in [2.45, 2.75) is 59.4 Å². The number of hydrogen-bond donors (Lipinski definition) is 2. The molecule has 1 atom stereocenters. The molecule has 9 nitrogen and oxygen atoms in total. The quantitative estimate of drug-likeness (QED) is 0.410. The topological polar surface area (TPSA) is 120 Å². The van der Waals surface area contributed by atoms with E-state index in [1.807, 2.05) is 27.7 Å². The van der Waals surface area contributed by atoms with Crippen molar-refractivity contribution in [1.29, 1.82) is 0 Å². The Morgan fingerprint density at radius 3 is 2.23 bits per heavy atom. The Bertz CT molecular complexity index is 717. The van der Waals surface area contributed by atoms with E-state index in [0.717, 1.165) is 12.8 Å². The minimum Gasteiger partial charge on any atom is -0.512 e. The van der Waals surface area contributed by atoms with Gasteiger partial charge in [-0.1, -0.05) is 27.7 Å². The van der Waals surface area contributed by atoms with E-state index >= 15 is 0 Å². The third-order valence-corrected chi connectivity index (χ3v) is 5.53. The Morgan fingerprint density at radius 1 is 1.07 bits per heavy atom. The molecule has 0 aliphatic carbocycles. The summed E-state index contributed by atoms with van der Waals surface area (Å²) in [5, 5.41) is 10.1. The predicted octanol–water partition coefficient (Wildman–Crippen LogP) is 1.89. The van der Waals surface area contributed by atoms with Crippen molar-refractivity contribution in [3.05, 3.63) is 11.8 Å². The number of rotatable bonds is 3. The van der Waals surface area contributed by atoms with Gasteiger partial charge in [0.05, 0.1) is 0 Å². The Hall–Kier alpha value is -2.58. The summed E-state index contributed by atoms with van der Waals surface area (Å²) in [5.74, 6) is -0.424. The molecule has 2 aliphatic rings. The third kappa shape index (κ3) is 5.96. The first-order valence-electron chi connectivity index (χ1n) is 10.7. The van der Waals surface area contributed by atoms with Gasteiger partial charge < -0.3 is 25.5 Å². The molecule has 4 amide bonds. The van der Waals surface area contributed by atoms with Crippen LogP contribution in [0.15, 0.2) is 16.8 Å². The summed E-state index contributed by atoms with van der Waals surface area (Å²) in [6, 6.07) is -0.858. The van der Waals surface area contributed by atoms with Gasteiger partial charge in [0.25, 0.3) is 5.91 Å². The van der Waals surface area contributed by atoms with Gasteiger partial charge in [0.15, 0.2) is 0 Å². The van der Waals surface area contributed by atoms with Gasteiger partial charge >= 0.3 is 6.03 Å². The lowest BCUT2D eigenvalue weighted by atomic mass is 9.93. The lowest BCUT2D eigenvalue weighted by Crippen LogP contribution is -2.57. The fraction of sp³-hybridized carbons (Fsp3) is 0.714. The molecule has 0 bridgehead atoms. The lowest BCUT2D eigenvalue weighted by molar-refractivity contribution is -0.132. The van der Waals surface area contributed by atoms with Gasteiger partial charge in [-0.3, -0.25) is 9.59 Å². The largest absolute Gasteiger partial charge is 0.512 e. The van der Waals surface area contributed by atoms with Gasteiger partial charge in [0.1, 0.15) is 17.6 Å². The summed E-state index contributed by atoms with van der Waals surface area (Å²) in [4.78, 5) is 46.7. The van der Waals surface area contributed by atoms with Crippen molar-refractivity contribution in [1.82, 2.24) is 14.7 Å². The van der Waals surface area contributed by atoms with E-state index in [0.29, 0.717) is 45.6 Å². The maximum absolute atomic E-state index is 13.1. The molecule has 0 radical (unpaired) electrons. The van der Waals surface area contributed by atoms with Crippen molar-refractivity contribution in [2.24, 2.45) is 16.1 Å². The fourth-order valence-corrected chi connectivity index (χ4v) is 3.56. The number of piperidine rings is 1. The lowest BCUT2D eigenvalue weighted by Gasteiger charge is -2.40. The summed E-state index contributed by atoms with van der Waals surface area (Å²) < 4.78 is 0. The second-order valence-corrected chi connectivity index (χ2v) is 8.86. The number of allylic oxidation sites excluding steroid dienone is 1. The zero-order chi connectivity index (χ0) is 22.5. The van der Waals surface area contributed by atoms with E-state index in [1.54, 1.807) is 14.7 Å². The normalized spacial score (nSPS) is 21.6. The number of hydrogen-bond acceptors (Lipinski definition) is 4. The van der Waals surface area contributed by atoms with Crippen LogP contribution >= 0.6 is 0 Å². The zero-order valence-electron chi connectivity index (χ0n) is 18.6. The molecule has 3 N–H and O–H groups in total. The number of piperazine rings is 1. The Morgan fingerprint density at radius 2 is 1.67 bits per heavy atom. The minimum absolute atomic E-state index is 0.0348. The average molecular weight is 422 g/mol. The van der Waals surface area contributed by atoms with Crippen LogP contribution in [0.4, 0.5) is 4.79 Å². The third-order valence-electron chi connectivity index (χ3n) is 5.53. The predicted molar refractivity (Wildman–Crippen MR) is 115 cm³/mol. The van der Waals surface area contributed by atoms with Gasteiger partial charge in [-0.05, 0) is 19.3 Å². The monoisotopic (exact) mass is 421 g/mol. The van der Waals surface area contributed by atoms with Gasteiger partial charge in [-0.25, -0.2) is 4.79 Å². The Kier molecular flexibility index (Phi) is 7.86. The molecule has 2 aliphatic heterocycles. The molecule has 9 heteroatoms. The van der Waals surface area contributed by atoms with Crippen LogP contribution in [-0.2, 0) is 9.59 Å². The molecule has 0 aromatic heterocycles. The Balaban J connectivity index is 2.07. The van der Waals surface area contributed by atoms with E-state index in [2.05, 4.69) is 4.99 Å². The molecule has 0 saturated carbocycles. The molecule has 0 aromatic carbocycles. The van der Waals surface area contributed by atoms with Crippen LogP contribution in [0, 0.1) is 5.41 Å². The highest BCUT2D eigenvalue weighted by Crippen LogP contribution is 2.23. The van der Waals surface area contributed by atoms with Crippen LogP contribution in [0.2, 0.25) is 0 Å². The van der Waals surface area contributed by atoms with Gasteiger partial charge in [-0.2, -0.15) is 4.99 Å². The number of amides is 4. The maximum atomic E-state index is 13.1. The van der Waals surface area contributed by atoms with Crippen molar-refractivity contribution in [3.63, 3.8) is 0 Å². The van der Waals surface area contributed by atoms with Crippen LogP contribution < -0.4 is 5.73 Å². The van der Waals surface area contributed by atoms with E-state index < -0.39 is 17.4 Å². The molecule has 2 rings (SSSR count). The van der Waals surface area contributed by atoms with Crippen molar-refractivity contribution < 1.29 is 19.5 Å². The molecular formula is C21H35N5O4. The van der Waals surface area contributed by atoms with Crippen LogP contribution in [0.25, 0.3) is 0 Å². The first-order chi connectivity index (χ1) is 14.0. The number of nitrogens with two attached hydrogens (primary N) is 1. The number of nitrogens with zero attached hydrogens (tertiary/aromatic N) is 4. The average Bonchev–Trinajstić information content (AvgIpc) is 2.71. The molecule has 168 valence electrons. The molecule has 2 saturated heterocycles. The van der Waals surface area contributed by atoms with Gasteiger partial charge in [-0.15, -0.1) is 0 Å². The highest BCUT2D eigenvalue weighted by Gasteiger charge is 2.35. The van der Waals surface area contributed by atoms with Gasteiger partial charge in [0.2, 0.25) is 5.91 Å². The van der Waals surface area contributed by atoms with E-state index in [4.69, 9.17) is 5.73 Å². The SMILES string of the molecule is CCC(=O)N1CCN(C(=O)N2CCCC[C@H]2C(=O)N=C(N)/C=C(\O)C(C)(C)C)CC1. The van der Waals surface area contributed by atoms with Crippen LogP contribution in [0.3, 0.4) is 0 Å². The highest BCUT2D eigenvalue weighted by atomic mass is 16.3. The minimum atomic E-state index is -0.662. The first kappa shape index (κ1) is 23.7. The Labute approximate surface area is 178 Å². The molecule has 0 aromatic rings. The van der Waals surface area contributed by atoms with Crippen molar-refractivity contribution in [2.75, 3.05) is 32.7 Å². The number of aliphatic imine (C=N–C) groups is 1. The number of amidine groups is 1. The molecule has 2 heterocycles. The van der Waals surface area contributed by atoms with Crippen molar-refractivity contribution >= 4 is 23.7 Å². The summed E-state index contributed by atoms with van der Waals surface area (Å²) in [5.41, 5.74) is 5.34. The number of aliphatic hydroxyl groups excluding tert-OH is 1. The second kappa shape index (κ2) is 9.95. The molecule has 0 spiro atoms. The van der Waals surface area contributed by atoms with E-state index in [-0.39, 0.29) is 23.5 Å². The van der Waals surface area contributed by atoms with E-state index in [9.17, 15) is 19.5 Å². The number of aliphatic hydroxyl groups is 1. The molecule has 30 heavy (non-hydrogen) atoms. The first-order valence-corrected chi connectivity index (χ1v) is 10.7. The molecule has 2 fully saturated rings. The second-order valence-electron chi connectivity index (χ2n) is 8.86. The van der Waals surface area contributed by atoms with Crippen LogP contribution in [0.1, 0.15) is 53.4 Å². The van der Waals surface area contributed by atoms with Crippen LogP contribution in [0.5, 0.6) is 0 Å². The summed E-state index contributed by atoms with van der Waals surface area (Å²) >= 11 is 0. The number of likely N-dealkylation sites (tertiary alicyclic amines) is 1. The fourth-order valence-electron chi connectivity index (χ4n) is 3.56. The molecule has 0 unspecified atom stereocenters. The standard InChI is InChI=1S/C21H35N5O4/c1-5-18(28)24-10-12-25(13-11-24)20(30)26-9-7-6-8-15(26)19(29)23-17(22)14-16(27)21(2,3)4/h14-15,27H,5-13H2,1-4H3,(H2,22,23,29)/b16-14-/t15-/m0/s1.